The molecule has 0 saturated heterocycles. The highest BCUT2D eigenvalue weighted by Gasteiger charge is 2.20. The van der Waals surface area contributed by atoms with Crippen LogP contribution >= 0.6 is 23.2 Å². The predicted octanol–water partition coefficient (Wildman–Crippen LogP) is 2.11. The fraction of sp³-hybridized carbons (Fsp3) is 0.182. The predicted molar refractivity (Wildman–Crippen MR) is 86.6 cm³/mol. The number of anilines is 1. The second-order valence-corrected chi connectivity index (χ2v) is 8.62. The van der Waals surface area contributed by atoms with E-state index >= 15 is 0 Å². The van der Waals surface area contributed by atoms with Crippen molar-refractivity contribution in [2.75, 3.05) is 11.0 Å². The molecule has 0 fully saturated rings. The number of sulfonamides is 1. The summed E-state index contributed by atoms with van der Waals surface area (Å²) in [6.45, 7) is 1.63. The molecule has 0 atom stereocenters. The summed E-state index contributed by atoms with van der Waals surface area (Å²) in [4.78, 5) is -0.561. The van der Waals surface area contributed by atoms with Crippen LogP contribution in [0.5, 0.6) is 0 Å². The molecule has 0 aliphatic rings. The van der Waals surface area contributed by atoms with E-state index in [0.29, 0.717) is 5.69 Å². The van der Waals surface area contributed by atoms with Crippen LogP contribution in [-0.4, -0.2) is 37.4 Å². The molecule has 2 rings (SSSR count). The van der Waals surface area contributed by atoms with E-state index in [1.54, 1.807) is 6.92 Å². The summed E-state index contributed by atoms with van der Waals surface area (Å²) < 4.78 is 57.7. The number of halogens is 2. The number of aryl methyl sites for hydroxylation is 1. The second-order valence-electron chi connectivity index (χ2n) is 4.67. The maximum Gasteiger partial charge on any atom is 0.296 e. The van der Waals surface area contributed by atoms with Crippen molar-refractivity contribution in [1.82, 2.24) is 9.78 Å². The van der Waals surface area contributed by atoms with Crippen LogP contribution in [0.2, 0.25) is 10.0 Å². The van der Waals surface area contributed by atoms with Crippen molar-refractivity contribution in [1.29, 1.82) is 0 Å². The normalized spacial score (nSPS) is 12.4. The first-order valence-electron chi connectivity index (χ1n) is 5.90. The fourth-order valence-corrected chi connectivity index (χ4v) is 3.68. The van der Waals surface area contributed by atoms with Gasteiger partial charge < -0.3 is 0 Å². The molecule has 2 N–H and O–H groups in total. The first-order valence-corrected chi connectivity index (χ1v) is 9.98. The quantitative estimate of drug-likeness (QED) is 0.759. The van der Waals surface area contributed by atoms with Gasteiger partial charge >= 0.3 is 0 Å². The summed E-state index contributed by atoms with van der Waals surface area (Å²) in [5, 5.41) is 3.71. The lowest BCUT2D eigenvalue weighted by Gasteiger charge is -2.12. The smallest absolute Gasteiger partial charge is 0.282 e. The van der Waals surface area contributed by atoms with E-state index in [1.807, 2.05) is 0 Å². The Balaban J connectivity index is 2.67. The van der Waals surface area contributed by atoms with E-state index in [2.05, 4.69) is 9.82 Å². The molecule has 23 heavy (non-hydrogen) atoms. The summed E-state index contributed by atoms with van der Waals surface area (Å²) >= 11 is 11.9. The molecule has 2 aromatic rings. The van der Waals surface area contributed by atoms with Crippen LogP contribution < -0.4 is 4.72 Å². The Labute approximate surface area is 142 Å². The van der Waals surface area contributed by atoms with Gasteiger partial charge in [0.05, 0.1) is 27.7 Å². The molecule has 8 nitrogen and oxygen atoms in total. The summed E-state index contributed by atoms with van der Waals surface area (Å²) in [6, 6.07) is 3.57. The molecule has 0 saturated carbocycles. The fourth-order valence-electron chi connectivity index (χ4n) is 1.82. The van der Waals surface area contributed by atoms with E-state index in [1.165, 1.54) is 10.7 Å². The Kier molecular flexibility index (Phi) is 4.66. The second kappa shape index (κ2) is 5.95. The average molecular weight is 400 g/mol. The third-order valence-electron chi connectivity index (χ3n) is 2.63. The van der Waals surface area contributed by atoms with E-state index in [9.17, 15) is 16.8 Å². The average Bonchev–Trinajstić information content (AvgIpc) is 2.68. The van der Waals surface area contributed by atoms with Gasteiger partial charge in [-0.15, -0.1) is 0 Å². The molecule has 1 heterocycles. The van der Waals surface area contributed by atoms with Gasteiger partial charge in [0.1, 0.15) is 10.7 Å². The zero-order valence-electron chi connectivity index (χ0n) is 11.8. The topological polar surface area (TPSA) is 118 Å². The monoisotopic (exact) mass is 399 g/mol. The lowest BCUT2D eigenvalue weighted by Crippen LogP contribution is -2.14. The molecule has 1 aromatic heterocycles. The van der Waals surface area contributed by atoms with Gasteiger partial charge in [-0.3, -0.25) is 9.27 Å². The molecule has 0 aliphatic heterocycles. The lowest BCUT2D eigenvalue weighted by molar-refractivity contribution is 0.483. The Hall–Kier alpha value is -1.33. The number of nitrogens with zero attached hydrogens (tertiary/aromatic N) is 2. The molecular formula is C11H11Cl2N3O5S2. The Morgan fingerprint density at radius 3 is 2.26 bits per heavy atom. The minimum Gasteiger partial charge on any atom is -0.282 e. The van der Waals surface area contributed by atoms with E-state index in [-0.39, 0.29) is 21.6 Å². The molecule has 126 valence electrons. The molecule has 12 heteroatoms. The van der Waals surface area contributed by atoms with Crippen molar-refractivity contribution in [2.24, 2.45) is 0 Å². The largest absolute Gasteiger partial charge is 0.296 e. The molecule has 0 unspecified atom stereocenters. The van der Waals surface area contributed by atoms with Gasteiger partial charge in [0, 0.05) is 6.07 Å². The minimum atomic E-state index is -4.55. The van der Waals surface area contributed by atoms with Gasteiger partial charge in [0.2, 0.25) is 10.0 Å². The Bertz CT molecular complexity index is 983. The number of hydrogen-bond acceptors (Lipinski definition) is 5. The van der Waals surface area contributed by atoms with Crippen molar-refractivity contribution < 1.29 is 21.4 Å². The van der Waals surface area contributed by atoms with E-state index < -0.39 is 25.0 Å². The van der Waals surface area contributed by atoms with Gasteiger partial charge in [0.15, 0.2) is 0 Å². The van der Waals surface area contributed by atoms with Crippen molar-refractivity contribution in [3.63, 3.8) is 0 Å². The van der Waals surface area contributed by atoms with Crippen LogP contribution in [0.25, 0.3) is 5.69 Å². The maximum absolute atomic E-state index is 11.4. The van der Waals surface area contributed by atoms with E-state index in [4.69, 9.17) is 27.8 Å². The molecule has 0 amide bonds. The Morgan fingerprint density at radius 2 is 1.74 bits per heavy atom. The zero-order valence-corrected chi connectivity index (χ0v) is 14.9. The summed E-state index contributed by atoms with van der Waals surface area (Å²) in [7, 11) is -8.12. The summed E-state index contributed by atoms with van der Waals surface area (Å²) in [6.07, 6.45) is 0.968. The number of hydrogen-bond donors (Lipinski definition) is 2. The maximum atomic E-state index is 11.4. The molecule has 1 aromatic carbocycles. The van der Waals surface area contributed by atoms with Gasteiger partial charge in [-0.05, 0) is 19.1 Å². The summed E-state index contributed by atoms with van der Waals surface area (Å²) in [5.41, 5.74) is 0.630. The lowest BCUT2D eigenvalue weighted by atomic mass is 10.3. The Morgan fingerprint density at radius 1 is 1.13 bits per heavy atom. The molecule has 0 aliphatic carbocycles. The highest BCUT2D eigenvalue weighted by Crippen LogP contribution is 2.32. The first kappa shape index (κ1) is 18.0. The third-order valence-corrected chi connectivity index (χ3v) is 4.83. The van der Waals surface area contributed by atoms with Crippen LogP contribution in [0, 0.1) is 6.92 Å². The van der Waals surface area contributed by atoms with Crippen molar-refractivity contribution >= 4 is 49.2 Å². The van der Waals surface area contributed by atoms with Gasteiger partial charge in [0.25, 0.3) is 10.1 Å². The summed E-state index contributed by atoms with van der Waals surface area (Å²) in [5.74, 6) is 0.0996. The SMILES string of the molecule is Cc1cc(NS(C)(=O)=O)n(-c2cc(Cl)c(S(=O)(=O)O)cc2Cl)n1. The third kappa shape index (κ3) is 4.15. The van der Waals surface area contributed by atoms with Gasteiger partial charge in [-0.1, -0.05) is 23.2 Å². The molecular weight excluding hydrogens is 389 g/mol. The van der Waals surface area contributed by atoms with Crippen molar-refractivity contribution in [2.45, 2.75) is 11.8 Å². The number of nitrogens with one attached hydrogen (secondary N) is 1. The van der Waals surface area contributed by atoms with Crippen LogP contribution in [0.4, 0.5) is 5.82 Å². The van der Waals surface area contributed by atoms with Crippen molar-refractivity contribution in [3.8, 4) is 5.69 Å². The highest BCUT2D eigenvalue weighted by atomic mass is 35.5. The zero-order chi connectivity index (χ0) is 17.6. The molecule has 0 radical (unpaired) electrons. The van der Waals surface area contributed by atoms with Crippen LogP contribution in [0.1, 0.15) is 5.69 Å². The first-order chi connectivity index (χ1) is 10.4. The van der Waals surface area contributed by atoms with E-state index in [0.717, 1.165) is 18.4 Å². The minimum absolute atomic E-state index is 0.0957. The standard InChI is InChI=1S/C11H11Cl2N3O5S2/c1-6-3-11(15-22(2,17)18)16(14-6)9-4-8(13)10(5-7(9)12)23(19,20)21/h3-5,15H,1-2H3,(H,19,20,21). The number of rotatable bonds is 4. The van der Waals surface area contributed by atoms with Gasteiger partial charge in [-0.25, -0.2) is 13.1 Å². The molecule has 0 bridgehead atoms. The number of benzene rings is 1. The van der Waals surface area contributed by atoms with Crippen LogP contribution in [-0.2, 0) is 20.1 Å². The van der Waals surface area contributed by atoms with Crippen LogP contribution in [0.3, 0.4) is 0 Å². The highest BCUT2D eigenvalue weighted by molar-refractivity contribution is 7.92. The van der Waals surface area contributed by atoms with Gasteiger partial charge in [-0.2, -0.15) is 13.5 Å². The molecule has 0 spiro atoms. The van der Waals surface area contributed by atoms with Crippen molar-refractivity contribution in [3.05, 3.63) is 33.9 Å². The van der Waals surface area contributed by atoms with Crippen LogP contribution in [0.15, 0.2) is 23.1 Å². The number of aromatic nitrogens is 2.